The van der Waals surface area contributed by atoms with E-state index in [4.69, 9.17) is 5.11 Å². The van der Waals surface area contributed by atoms with Gasteiger partial charge in [-0.15, -0.1) is 0 Å². The van der Waals surface area contributed by atoms with E-state index in [1.54, 1.807) is 0 Å². The molecule has 0 saturated heterocycles. The number of hydrogen-bond acceptors (Lipinski definition) is 2. The lowest BCUT2D eigenvalue weighted by molar-refractivity contribution is -0.138. The Hall–Kier alpha value is -0.570. The molecule has 3 nitrogen and oxygen atoms in total. The predicted molar refractivity (Wildman–Crippen MR) is 37.8 cm³/mol. The SMILES string of the molecule is CN(C)C[C@@H]1C[C@@H]1C(=O)O. The first kappa shape index (κ1) is 7.54. The standard InChI is InChI=1S/C7H13NO2/c1-8(2)4-5-3-6(5)7(9)10/h5-6H,3-4H2,1-2H3,(H,9,10)/t5-,6-/m0/s1. The monoisotopic (exact) mass is 143 g/mol. The van der Waals surface area contributed by atoms with E-state index < -0.39 is 5.97 Å². The number of rotatable bonds is 3. The second-order valence-corrected chi connectivity index (χ2v) is 3.20. The van der Waals surface area contributed by atoms with Gasteiger partial charge in [0.1, 0.15) is 0 Å². The van der Waals surface area contributed by atoms with Crippen LogP contribution in [0.1, 0.15) is 6.42 Å². The summed E-state index contributed by atoms with van der Waals surface area (Å²) >= 11 is 0. The fourth-order valence-electron chi connectivity index (χ4n) is 1.22. The van der Waals surface area contributed by atoms with Crippen molar-refractivity contribution in [2.75, 3.05) is 20.6 Å². The van der Waals surface area contributed by atoms with Crippen molar-refractivity contribution in [1.82, 2.24) is 4.90 Å². The van der Waals surface area contributed by atoms with Gasteiger partial charge in [-0.05, 0) is 26.4 Å². The minimum Gasteiger partial charge on any atom is -0.481 e. The lowest BCUT2D eigenvalue weighted by Gasteiger charge is -2.06. The highest BCUT2D eigenvalue weighted by atomic mass is 16.4. The van der Waals surface area contributed by atoms with Gasteiger partial charge in [0.25, 0.3) is 0 Å². The van der Waals surface area contributed by atoms with Crippen LogP contribution in [0.5, 0.6) is 0 Å². The van der Waals surface area contributed by atoms with Gasteiger partial charge in [-0.25, -0.2) is 0 Å². The molecule has 0 heterocycles. The molecular formula is C7H13NO2. The Balaban J connectivity index is 2.20. The molecule has 1 N–H and O–H groups in total. The summed E-state index contributed by atoms with van der Waals surface area (Å²) in [5.74, 6) is -0.276. The molecule has 0 unspecified atom stereocenters. The average Bonchev–Trinajstić information content (AvgIpc) is 2.43. The molecule has 0 aromatic rings. The molecule has 1 rings (SSSR count). The van der Waals surface area contributed by atoms with Gasteiger partial charge in [-0.3, -0.25) is 4.79 Å². The summed E-state index contributed by atoms with van der Waals surface area (Å²) < 4.78 is 0. The fraction of sp³-hybridized carbons (Fsp3) is 0.857. The largest absolute Gasteiger partial charge is 0.481 e. The number of aliphatic carboxylic acids is 1. The molecule has 0 aliphatic heterocycles. The first-order valence-corrected chi connectivity index (χ1v) is 3.49. The van der Waals surface area contributed by atoms with Crippen molar-refractivity contribution in [1.29, 1.82) is 0 Å². The molecular weight excluding hydrogens is 130 g/mol. The van der Waals surface area contributed by atoms with Crippen molar-refractivity contribution in [3.8, 4) is 0 Å². The van der Waals surface area contributed by atoms with Crippen LogP contribution in [-0.4, -0.2) is 36.6 Å². The van der Waals surface area contributed by atoms with E-state index in [0.29, 0.717) is 5.92 Å². The van der Waals surface area contributed by atoms with Crippen LogP contribution in [0.4, 0.5) is 0 Å². The van der Waals surface area contributed by atoms with Crippen LogP contribution in [0, 0.1) is 11.8 Å². The number of carbonyl (C=O) groups is 1. The van der Waals surface area contributed by atoms with Gasteiger partial charge in [-0.2, -0.15) is 0 Å². The number of nitrogens with zero attached hydrogens (tertiary/aromatic N) is 1. The highest BCUT2D eigenvalue weighted by Crippen LogP contribution is 2.38. The summed E-state index contributed by atoms with van der Waals surface area (Å²) in [5.41, 5.74) is 0. The van der Waals surface area contributed by atoms with E-state index in [2.05, 4.69) is 0 Å². The Labute approximate surface area is 60.6 Å². The average molecular weight is 143 g/mol. The molecule has 0 spiro atoms. The lowest BCUT2D eigenvalue weighted by Crippen LogP contribution is -2.16. The molecule has 2 atom stereocenters. The van der Waals surface area contributed by atoms with Crippen molar-refractivity contribution in [2.45, 2.75) is 6.42 Å². The maximum absolute atomic E-state index is 10.3. The quantitative estimate of drug-likeness (QED) is 0.616. The summed E-state index contributed by atoms with van der Waals surface area (Å²) in [6, 6.07) is 0. The summed E-state index contributed by atoms with van der Waals surface area (Å²) in [4.78, 5) is 12.4. The van der Waals surface area contributed by atoms with Crippen molar-refractivity contribution in [2.24, 2.45) is 11.8 Å². The second-order valence-electron chi connectivity index (χ2n) is 3.20. The van der Waals surface area contributed by atoms with Crippen LogP contribution in [0.25, 0.3) is 0 Å². The zero-order valence-corrected chi connectivity index (χ0v) is 6.37. The smallest absolute Gasteiger partial charge is 0.306 e. The molecule has 1 saturated carbocycles. The Kier molecular flexibility index (Phi) is 1.94. The molecule has 1 aliphatic carbocycles. The third kappa shape index (κ3) is 1.70. The number of carboxylic acids is 1. The van der Waals surface area contributed by atoms with E-state index in [9.17, 15) is 4.79 Å². The third-order valence-corrected chi connectivity index (χ3v) is 1.84. The normalized spacial score (nSPS) is 30.7. The highest BCUT2D eigenvalue weighted by molar-refractivity contribution is 5.73. The van der Waals surface area contributed by atoms with E-state index in [1.165, 1.54) is 0 Å². The maximum atomic E-state index is 10.3. The van der Waals surface area contributed by atoms with Gasteiger partial charge in [-0.1, -0.05) is 0 Å². The van der Waals surface area contributed by atoms with Gasteiger partial charge in [0.15, 0.2) is 0 Å². The van der Waals surface area contributed by atoms with E-state index in [0.717, 1.165) is 13.0 Å². The molecule has 0 radical (unpaired) electrons. The molecule has 10 heavy (non-hydrogen) atoms. The minimum absolute atomic E-state index is 0.0533. The van der Waals surface area contributed by atoms with Crippen LogP contribution in [0.2, 0.25) is 0 Å². The Morgan fingerprint density at radius 3 is 2.60 bits per heavy atom. The first-order chi connectivity index (χ1) is 4.61. The van der Waals surface area contributed by atoms with Crippen LogP contribution in [0.15, 0.2) is 0 Å². The molecule has 1 fully saturated rings. The van der Waals surface area contributed by atoms with E-state index >= 15 is 0 Å². The molecule has 1 aliphatic rings. The van der Waals surface area contributed by atoms with Crippen LogP contribution in [0.3, 0.4) is 0 Å². The van der Waals surface area contributed by atoms with Gasteiger partial charge >= 0.3 is 5.97 Å². The molecule has 0 amide bonds. The van der Waals surface area contributed by atoms with Crippen LogP contribution in [-0.2, 0) is 4.79 Å². The summed E-state index contributed by atoms with van der Waals surface area (Å²) in [7, 11) is 3.94. The zero-order valence-electron chi connectivity index (χ0n) is 6.37. The second kappa shape index (κ2) is 2.58. The van der Waals surface area contributed by atoms with Crippen molar-refractivity contribution in [3.63, 3.8) is 0 Å². The van der Waals surface area contributed by atoms with Gasteiger partial charge < -0.3 is 10.0 Å². The van der Waals surface area contributed by atoms with Crippen molar-refractivity contribution < 1.29 is 9.90 Å². The number of hydrogen-bond donors (Lipinski definition) is 1. The number of carboxylic acid groups (broad SMARTS) is 1. The molecule has 0 bridgehead atoms. The Bertz CT molecular complexity index is 145. The van der Waals surface area contributed by atoms with Gasteiger partial charge in [0.05, 0.1) is 5.92 Å². The zero-order chi connectivity index (χ0) is 7.72. The van der Waals surface area contributed by atoms with Crippen molar-refractivity contribution in [3.05, 3.63) is 0 Å². The summed E-state index contributed by atoms with van der Waals surface area (Å²) in [6.07, 6.45) is 0.869. The van der Waals surface area contributed by atoms with Crippen LogP contribution >= 0.6 is 0 Å². The first-order valence-electron chi connectivity index (χ1n) is 3.49. The Morgan fingerprint density at radius 2 is 2.30 bits per heavy atom. The van der Waals surface area contributed by atoms with Gasteiger partial charge in [0.2, 0.25) is 0 Å². The molecule has 3 heteroatoms. The fourth-order valence-corrected chi connectivity index (χ4v) is 1.22. The topological polar surface area (TPSA) is 40.5 Å². The maximum Gasteiger partial charge on any atom is 0.306 e. The molecule has 0 aromatic heterocycles. The van der Waals surface area contributed by atoms with Crippen LogP contribution < -0.4 is 0 Å². The third-order valence-electron chi connectivity index (χ3n) is 1.84. The Morgan fingerprint density at radius 1 is 1.70 bits per heavy atom. The van der Waals surface area contributed by atoms with E-state index in [1.807, 2.05) is 19.0 Å². The highest BCUT2D eigenvalue weighted by Gasteiger charge is 2.42. The van der Waals surface area contributed by atoms with Gasteiger partial charge in [0, 0.05) is 6.54 Å². The van der Waals surface area contributed by atoms with Crippen molar-refractivity contribution >= 4 is 5.97 Å². The predicted octanol–water partition coefficient (Wildman–Crippen LogP) is 0.269. The minimum atomic E-state index is -0.633. The molecule has 58 valence electrons. The lowest BCUT2D eigenvalue weighted by atomic mass is 10.3. The van der Waals surface area contributed by atoms with E-state index in [-0.39, 0.29) is 5.92 Å². The summed E-state index contributed by atoms with van der Waals surface area (Å²) in [5, 5.41) is 8.52. The summed E-state index contributed by atoms with van der Waals surface area (Å²) in [6.45, 7) is 0.914. The molecule has 0 aromatic carbocycles.